The minimum absolute atomic E-state index is 0.347. The van der Waals surface area contributed by atoms with Crippen molar-refractivity contribution >= 4 is 6.09 Å². The monoisotopic (exact) mass is 145 g/mol. The Morgan fingerprint density at radius 2 is 2.30 bits per heavy atom. The molecule has 1 unspecified atom stereocenters. The second-order valence-corrected chi connectivity index (χ2v) is 2.39. The van der Waals surface area contributed by atoms with E-state index >= 15 is 0 Å². The largest absolute Gasteiger partial charge is 0.453 e. The van der Waals surface area contributed by atoms with Gasteiger partial charge < -0.3 is 10.1 Å². The maximum atomic E-state index is 10.5. The highest BCUT2D eigenvalue weighted by atomic mass is 16.5. The molecular formula is C7H15NO2. The molecule has 3 heteroatoms. The van der Waals surface area contributed by atoms with Gasteiger partial charge in [-0.25, -0.2) is 4.79 Å². The van der Waals surface area contributed by atoms with Crippen LogP contribution in [0.15, 0.2) is 0 Å². The normalized spacial score (nSPS) is 12.3. The van der Waals surface area contributed by atoms with Gasteiger partial charge in [0.25, 0.3) is 0 Å². The number of rotatable bonds is 3. The van der Waals surface area contributed by atoms with E-state index < -0.39 is 0 Å². The summed E-state index contributed by atoms with van der Waals surface area (Å²) in [6.07, 6.45) is 0.726. The van der Waals surface area contributed by atoms with Crippen molar-refractivity contribution in [3.63, 3.8) is 0 Å². The molecule has 0 aliphatic carbocycles. The van der Waals surface area contributed by atoms with Crippen molar-refractivity contribution in [3.05, 3.63) is 0 Å². The fraction of sp³-hybridized carbons (Fsp3) is 0.857. The van der Waals surface area contributed by atoms with Gasteiger partial charge >= 0.3 is 6.09 Å². The number of hydrogen-bond acceptors (Lipinski definition) is 2. The molecule has 0 saturated carbocycles. The van der Waals surface area contributed by atoms with Crippen LogP contribution in [0.1, 0.15) is 20.3 Å². The minimum atomic E-state index is -0.347. The van der Waals surface area contributed by atoms with Gasteiger partial charge in [-0.05, 0) is 5.92 Å². The Morgan fingerprint density at radius 3 is 2.70 bits per heavy atom. The Bertz CT molecular complexity index is 104. The molecule has 0 heterocycles. The third-order valence-corrected chi connectivity index (χ3v) is 1.48. The molecule has 1 atom stereocenters. The number of carbonyl (C=O) groups is 1. The second-order valence-electron chi connectivity index (χ2n) is 2.39. The lowest BCUT2D eigenvalue weighted by Crippen LogP contribution is -2.27. The molecule has 0 aliphatic heterocycles. The van der Waals surface area contributed by atoms with Crippen LogP contribution in [-0.4, -0.2) is 19.7 Å². The molecule has 0 radical (unpaired) electrons. The predicted molar refractivity (Wildman–Crippen MR) is 39.9 cm³/mol. The van der Waals surface area contributed by atoms with Crippen molar-refractivity contribution in [2.75, 3.05) is 13.7 Å². The van der Waals surface area contributed by atoms with Crippen molar-refractivity contribution < 1.29 is 9.53 Å². The smallest absolute Gasteiger partial charge is 0.406 e. The third kappa shape index (κ3) is 4.18. The van der Waals surface area contributed by atoms with Crippen molar-refractivity contribution in [1.29, 1.82) is 0 Å². The van der Waals surface area contributed by atoms with E-state index in [1.54, 1.807) is 0 Å². The highest BCUT2D eigenvalue weighted by Gasteiger charge is 2.01. The lowest BCUT2D eigenvalue weighted by atomic mass is 10.1. The van der Waals surface area contributed by atoms with Crippen LogP contribution in [0.5, 0.6) is 0 Å². The third-order valence-electron chi connectivity index (χ3n) is 1.48. The van der Waals surface area contributed by atoms with E-state index in [-0.39, 0.29) is 6.09 Å². The Morgan fingerprint density at radius 1 is 1.70 bits per heavy atom. The standard InChI is InChI=1S/C7H15NO2/c1-4-6(2)5-8-7(9)10-3/h6H,4-5H2,1-3H3,(H,8,9). The van der Waals surface area contributed by atoms with Gasteiger partial charge in [-0.15, -0.1) is 0 Å². The SMILES string of the molecule is CCC(C)CNC(=O)OC. The van der Waals surface area contributed by atoms with Crippen LogP contribution in [0, 0.1) is 5.92 Å². The first-order valence-electron chi connectivity index (χ1n) is 3.52. The van der Waals surface area contributed by atoms with Crippen LogP contribution >= 0.6 is 0 Å². The minimum Gasteiger partial charge on any atom is -0.453 e. The van der Waals surface area contributed by atoms with Gasteiger partial charge in [0.15, 0.2) is 0 Å². The van der Waals surface area contributed by atoms with Gasteiger partial charge in [0.2, 0.25) is 0 Å². The lowest BCUT2D eigenvalue weighted by molar-refractivity contribution is 0.169. The summed E-state index contributed by atoms with van der Waals surface area (Å²) in [5.41, 5.74) is 0. The predicted octanol–water partition coefficient (Wildman–Crippen LogP) is 1.39. The van der Waals surface area contributed by atoms with Gasteiger partial charge in [-0.3, -0.25) is 0 Å². The van der Waals surface area contributed by atoms with Crippen LogP contribution < -0.4 is 5.32 Å². The van der Waals surface area contributed by atoms with E-state index in [1.807, 2.05) is 0 Å². The van der Waals surface area contributed by atoms with E-state index in [2.05, 4.69) is 23.9 Å². The average molecular weight is 145 g/mol. The maximum absolute atomic E-state index is 10.5. The summed E-state index contributed by atoms with van der Waals surface area (Å²) in [7, 11) is 1.37. The summed E-state index contributed by atoms with van der Waals surface area (Å²) < 4.78 is 4.40. The van der Waals surface area contributed by atoms with Crippen LogP contribution in [0.3, 0.4) is 0 Å². The first kappa shape index (κ1) is 9.27. The molecular weight excluding hydrogens is 130 g/mol. The quantitative estimate of drug-likeness (QED) is 0.651. The van der Waals surface area contributed by atoms with E-state index in [9.17, 15) is 4.79 Å². The fourth-order valence-corrected chi connectivity index (χ4v) is 0.474. The lowest BCUT2D eigenvalue weighted by Gasteiger charge is -2.08. The van der Waals surface area contributed by atoms with Gasteiger partial charge in [0.05, 0.1) is 7.11 Å². The molecule has 0 aromatic heterocycles. The molecule has 1 N–H and O–H groups in total. The average Bonchev–Trinajstić information content (AvgIpc) is 1.99. The topological polar surface area (TPSA) is 38.3 Å². The van der Waals surface area contributed by atoms with E-state index in [1.165, 1.54) is 7.11 Å². The molecule has 0 spiro atoms. The zero-order valence-electron chi connectivity index (χ0n) is 6.81. The summed E-state index contributed by atoms with van der Waals surface area (Å²) in [6, 6.07) is 0. The van der Waals surface area contributed by atoms with Crippen molar-refractivity contribution in [2.24, 2.45) is 5.92 Å². The number of alkyl carbamates (subject to hydrolysis) is 1. The molecule has 0 bridgehead atoms. The van der Waals surface area contributed by atoms with Gasteiger partial charge in [0, 0.05) is 6.54 Å². The highest BCUT2D eigenvalue weighted by Crippen LogP contribution is 1.96. The van der Waals surface area contributed by atoms with Crippen molar-refractivity contribution in [3.8, 4) is 0 Å². The van der Waals surface area contributed by atoms with Gasteiger partial charge in [-0.2, -0.15) is 0 Å². The van der Waals surface area contributed by atoms with E-state index in [4.69, 9.17) is 0 Å². The Kier molecular flexibility index (Phi) is 4.72. The summed E-state index contributed by atoms with van der Waals surface area (Å²) in [5.74, 6) is 0.527. The fourth-order valence-electron chi connectivity index (χ4n) is 0.474. The first-order valence-corrected chi connectivity index (χ1v) is 3.52. The summed E-state index contributed by atoms with van der Waals surface area (Å²) in [4.78, 5) is 10.5. The maximum Gasteiger partial charge on any atom is 0.406 e. The molecule has 1 amide bonds. The van der Waals surface area contributed by atoms with Crippen LogP contribution in [0.4, 0.5) is 4.79 Å². The second kappa shape index (κ2) is 5.09. The summed E-state index contributed by atoms with van der Waals surface area (Å²) in [6.45, 7) is 4.86. The molecule has 0 aromatic carbocycles. The highest BCUT2D eigenvalue weighted by molar-refractivity contribution is 5.66. The number of carbonyl (C=O) groups excluding carboxylic acids is 1. The van der Waals surface area contributed by atoms with Crippen LogP contribution in [0.2, 0.25) is 0 Å². The van der Waals surface area contributed by atoms with Crippen LogP contribution in [0.25, 0.3) is 0 Å². The molecule has 60 valence electrons. The summed E-state index contributed by atoms with van der Waals surface area (Å²) >= 11 is 0. The number of amides is 1. The molecule has 0 aliphatic rings. The van der Waals surface area contributed by atoms with Gasteiger partial charge in [0.1, 0.15) is 0 Å². The molecule has 3 nitrogen and oxygen atoms in total. The van der Waals surface area contributed by atoms with Crippen molar-refractivity contribution in [1.82, 2.24) is 5.32 Å². The number of methoxy groups -OCH3 is 1. The number of nitrogens with one attached hydrogen (secondary N) is 1. The molecule has 0 rings (SSSR count). The zero-order valence-corrected chi connectivity index (χ0v) is 6.81. The number of hydrogen-bond donors (Lipinski definition) is 1. The van der Waals surface area contributed by atoms with E-state index in [0.717, 1.165) is 6.42 Å². The molecule has 0 saturated heterocycles. The molecule has 10 heavy (non-hydrogen) atoms. The number of ether oxygens (including phenoxy) is 1. The molecule has 0 fully saturated rings. The first-order chi connectivity index (χ1) is 4.70. The van der Waals surface area contributed by atoms with Crippen molar-refractivity contribution in [2.45, 2.75) is 20.3 Å². The van der Waals surface area contributed by atoms with E-state index in [0.29, 0.717) is 12.5 Å². The van der Waals surface area contributed by atoms with Crippen LogP contribution in [-0.2, 0) is 4.74 Å². The molecule has 0 aromatic rings. The zero-order chi connectivity index (χ0) is 7.98. The summed E-state index contributed by atoms with van der Waals surface area (Å²) in [5, 5.41) is 2.62. The van der Waals surface area contributed by atoms with Gasteiger partial charge in [-0.1, -0.05) is 20.3 Å². The Balaban J connectivity index is 3.26. The Labute approximate surface area is 61.8 Å². The Hall–Kier alpha value is -0.730.